The molecule has 2 N–H and O–H groups in total. The van der Waals surface area contributed by atoms with Crippen LogP contribution in [0.2, 0.25) is 0 Å². The molecule has 4 rings (SSSR count). The molecule has 3 aromatic rings. The molecule has 2 aromatic heterocycles. The second kappa shape index (κ2) is 10.9. The highest BCUT2D eigenvalue weighted by atomic mass is 32.1. The van der Waals surface area contributed by atoms with Gasteiger partial charge in [-0.15, -0.1) is 11.3 Å². The van der Waals surface area contributed by atoms with Crippen molar-refractivity contribution in [3.05, 3.63) is 88.4 Å². The molecular weight excluding hydrogens is 420 g/mol. The number of nitrogens with one attached hydrogen (secondary N) is 2. The van der Waals surface area contributed by atoms with Gasteiger partial charge >= 0.3 is 6.03 Å². The van der Waals surface area contributed by atoms with E-state index in [2.05, 4.69) is 21.7 Å². The predicted molar refractivity (Wildman–Crippen MR) is 126 cm³/mol. The Labute approximate surface area is 192 Å². The highest BCUT2D eigenvalue weighted by Crippen LogP contribution is 2.24. The molecule has 1 aliphatic heterocycles. The van der Waals surface area contributed by atoms with E-state index in [9.17, 15) is 9.59 Å². The van der Waals surface area contributed by atoms with Crippen molar-refractivity contribution in [2.24, 2.45) is 5.92 Å². The number of pyridine rings is 1. The summed E-state index contributed by atoms with van der Waals surface area (Å²) < 4.78 is 0. The van der Waals surface area contributed by atoms with Crippen LogP contribution in [0.15, 0.2) is 72.4 Å². The Hall–Kier alpha value is -3.19. The summed E-state index contributed by atoms with van der Waals surface area (Å²) in [4.78, 5) is 32.8. The fraction of sp³-hybridized carbons (Fsp3) is 0.320. The van der Waals surface area contributed by atoms with E-state index in [4.69, 9.17) is 0 Å². The van der Waals surface area contributed by atoms with E-state index in [1.54, 1.807) is 23.7 Å². The maximum atomic E-state index is 13.1. The number of thiophene rings is 1. The first-order chi connectivity index (χ1) is 15.7. The van der Waals surface area contributed by atoms with Gasteiger partial charge in [-0.2, -0.15) is 0 Å². The Balaban J connectivity index is 1.30. The third kappa shape index (κ3) is 5.73. The van der Waals surface area contributed by atoms with E-state index in [1.807, 2.05) is 58.8 Å². The molecule has 0 radical (unpaired) electrons. The zero-order valence-corrected chi connectivity index (χ0v) is 18.8. The molecule has 1 fully saturated rings. The summed E-state index contributed by atoms with van der Waals surface area (Å²) in [7, 11) is 0. The standard InChI is InChI=1S/C25H28N4O2S/c30-24(28-23(19-6-2-1-3-7-19)21-8-4-13-26-18-21)20-11-15-29(16-12-20)25(31)27-14-10-22-9-5-17-32-22/h1-9,13,17-18,20,23H,10-12,14-16H2,(H,27,31)(H,28,30). The second-order valence-electron chi connectivity index (χ2n) is 7.96. The van der Waals surface area contributed by atoms with Crippen LogP contribution in [0.1, 0.15) is 34.9 Å². The largest absolute Gasteiger partial charge is 0.345 e. The number of rotatable bonds is 7. The Bertz CT molecular complexity index is 948. The van der Waals surface area contributed by atoms with Crippen LogP contribution in [0.5, 0.6) is 0 Å². The first kappa shape index (κ1) is 22.0. The molecule has 7 heteroatoms. The van der Waals surface area contributed by atoms with Gasteiger partial charge in [-0.1, -0.05) is 42.5 Å². The zero-order chi connectivity index (χ0) is 22.2. The van der Waals surface area contributed by atoms with Crippen LogP contribution in [0.4, 0.5) is 4.79 Å². The molecule has 0 aliphatic carbocycles. The van der Waals surface area contributed by atoms with E-state index in [0.717, 1.165) is 17.5 Å². The van der Waals surface area contributed by atoms with Crippen LogP contribution in [0.25, 0.3) is 0 Å². The Morgan fingerprint density at radius 2 is 1.81 bits per heavy atom. The van der Waals surface area contributed by atoms with E-state index < -0.39 is 0 Å². The number of likely N-dealkylation sites (tertiary alicyclic amines) is 1. The smallest absolute Gasteiger partial charge is 0.317 e. The number of hydrogen-bond acceptors (Lipinski definition) is 4. The summed E-state index contributed by atoms with van der Waals surface area (Å²) >= 11 is 1.70. The number of piperidine rings is 1. The molecule has 0 spiro atoms. The lowest BCUT2D eigenvalue weighted by atomic mass is 9.94. The Morgan fingerprint density at radius 3 is 2.50 bits per heavy atom. The van der Waals surface area contributed by atoms with Gasteiger partial charge in [0, 0.05) is 42.8 Å². The van der Waals surface area contributed by atoms with Gasteiger partial charge in [0.15, 0.2) is 0 Å². The van der Waals surface area contributed by atoms with Gasteiger partial charge < -0.3 is 15.5 Å². The predicted octanol–water partition coefficient (Wildman–Crippen LogP) is 4.01. The lowest BCUT2D eigenvalue weighted by Gasteiger charge is -2.32. The molecule has 1 unspecified atom stereocenters. The number of carbonyl (C=O) groups excluding carboxylic acids is 2. The number of aromatic nitrogens is 1. The van der Waals surface area contributed by atoms with Crippen molar-refractivity contribution in [2.75, 3.05) is 19.6 Å². The third-order valence-electron chi connectivity index (χ3n) is 5.82. The molecule has 6 nitrogen and oxygen atoms in total. The van der Waals surface area contributed by atoms with Crippen molar-refractivity contribution in [1.82, 2.24) is 20.5 Å². The van der Waals surface area contributed by atoms with Crippen LogP contribution in [-0.4, -0.2) is 41.5 Å². The minimum Gasteiger partial charge on any atom is -0.345 e. The van der Waals surface area contributed by atoms with Crippen molar-refractivity contribution >= 4 is 23.3 Å². The molecule has 3 amide bonds. The maximum Gasteiger partial charge on any atom is 0.317 e. The summed E-state index contributed by atoms with van der Waals surface area (Å²) in [5.74, 6) is -0.0755. The second-order valence-corrected chi connectivity index (χ2v) is 8.99. The quantitative estimate of drug-likeness (QED) is 0.573. The number of carbonyl (C=O) groups is 2. The van der Waals surface area contributed by atoms with Crippen molar-refractivity contribution in [3.63, 3.8) is 0 Å². The normalized spacial score (nSPS) is 15.2. The summed E-state index contributed by atoms with van der Waals surface area (Å²) in [5, 5.41) is 8.26. The SMILES string of the molecule is O=C(NC(c1ccccc1)c1cccnc1)C1CCN(C(=O)NCCc2cccs2)CC1. The molecule has 1 saturated heterocycles. The fourth-order valence-electron chi connectivity index (χ4n) is 4.02. The average Bonchev–Trinajstić information content (AvgIpc) is 3.37. The van der Waals surface area contributed by atoms with Crippen molar-refractivity contribution in [2.45, 2.75) is 25.3 Å². The highest BCUT2D eigenvalue weighted by Gasteiger charge is 2.29. The number of hydrogen-bond donors (Lipinski definition) is 2. The molecule has 166 valence electrons. The van der Waals surface area contributed by atoms with Crippen LogP contribution < -0.4 is 10.6 Å². The van der Waals surface area contributed by atoms with Gasteiger partial charge in [-0.25, -0.2) is 4.79 Å². The van der Waals surface area contributed by atoms with E-state index >= 15 is 0 Å². The van der Waals surface area contributed by atoms with Crippen molar-refractivity contribution in [3.8, 4) is 0 Å². The maximum absolute atomic E-state index is 13.1. The molecule has 3 heterocycles. The molecule has 1 aliphatic rings. The lowest BCUT2D eigenvalue weighted by molar-refractivity contribution is -0.126. The third-order valence-corrected chi connectivity index (χ3v) is 6.75. The topological polar surface area (TPSA) is 74.3 Å². The first-order valence-electron chi connectivity index (χ1n) is 11.0. The van der Waals surface area contributed by atoms with Crippen LogP contribution >= 0.6 is 11.3 Å². The Morgan fingerprint density at radius 1 is 1.03 bits per heavy atom. The van der Waals surface area contributed by atoms with E-state index in [0.29, 0.717) is 32.5 Å². The van der Waals surface area contributed by atoms with Crippen LogP contribution in [0, 0.1) is 5.92 Å². The summed E-state index contributed by atoms with van der Waals surface area (Å²) in [6.07, 6.45) is 5.70. The molecule has 1 aromatic carbocycles. The highest BCUT2D eigenvalue weighted by molar-refractivity contribution is 7.09. The number of urea groups is 1. The van der Waals surface area contributed by atoms with Gasteiger partial charge in [0.25, 0.3) is 0 Å². The monoisotopic (exact) mass is 448 g/mol. The minimum absolute atomic E-state index is 0.0282. The fourth-order valence-corrected chi connectivity index (χ4v) is 4.72. The van der Waals surface area contributed by atoms with Gasteiger partial charge in [-0.05, 0) is 47.9 Å². The number of nitrogens with zero attached hydrogens (tertiary/aromatic N) is 2. The molecule has 1 atom stereocenters. The lowest BCUT2D eigenvalue weighted by Crippen LogP contribution is -2.47. The summed E-state index contributed by atoms with van der Waals surface area (Å²) in [5.41, 5.74) is 1.98. The molecule has 0 bridgehead atoms. The minimum atomic E-state index is -0.240. The van der Waals surface area contributed by atoms with E-state index in [1.165, 1.54) is 4.88 Å². The van der Waals surface area contributed by atoms with Gasteiger partial charge in [0.1, 0.15) is 0 Å². The molecule has 32 heavy (non-hydrogen) atoms. The van der Waals surface area contributed by atoms with Gasteiger partial charge in [0.2, 0.25) is 5.91 Å². The summed E-state index contributed by atoms with van der Waals surface area (Å²) in [6.45, 7) is 1.81. The molecular formula is C25H28N4O2S. The van der Waals surface area contributed by atoms with Gasteiger partial charge in [0.05, 0.1) is 6.04 Å². The summed E-state index contributed by atoms with van der Waals surface area (Å²) in [6, 6.07) is 17.6. The zero-order valence-electron chi connectivity index (χ0n) is 17.9. The van der Waals surface area contributed by atoms with Crippen molar-refractivity contribution in [1.29, 1.82) is 0 Å². The Kier molecular flexibility index (Phi) is 7.51. The first-order valence-corrected chi connectivity index (χ1v) is 11.9. The van der Waals surface area contributed by atoms with Crippen LogP contribution in [0.3, 0.4) is 0 Å². The van der Waals surface area contributed by atoms with Crippen LogP contribution in [-0.2, 0) is 11.2 Å². The van der Waals surface area contributed by atoms with Gasteiger partial charge in [-0.3, -0.25) is 9.78 Å². The van der Waals surface area contributed by atoms with Crippen molar-refractivity contribution < 1.29 is 9.59 Å². The van der Waals surface area contributed by atoms with E-state index in [-0.39, 0.29) is 23.9 Å². The molecule has 0 saturated carbocycles. The average molecular weight is 449 g/mol. The number of benzene rings is 1. The number of amides is 3.